The molecule has 2 nitrogen and oxygen atoms in total. The van der Waals surface area contributed by atoms with Crippen LogP contribution in [-0.4, -0.2) is 10.1 Å². The summed E-state index contributed by atoms with van der Waals surface area (Å²) in [6.07, 6.45) is 1.75. The monoisotopic (exact) mass is 271 g/mol. The van der Waals surface area contributed by atoms with Crippen molar-refractivity contribution in [2.75, 3.05) is 0 Å². The van der Waals surface area contributed by atoms with E-state index in [1.165, 1.54) is 0 Å². The third kappa shape index (κ3) is 1.24. The number of nitrogens with zero attached hydrogens (tertiary/aromatic N) is 1. The zero-order valence-electron chi connectivity index (χ0n) is 6.16. The summed E-state index contributed by atoms with van der Waals surface area (Å²) >= 11 is 2.16. The predicted octanol–water partition coefficient (Wildman–Crippen LogP) is 2.55. The highest BCUT2D eigenvalue weighted by Crippen LogP contribution is 2.23. The van der Waals surface area contributed by atoms with E-state index in [1.54, 1.807) is 18.3 Å². The van der Waals surface area contributed by atoms with Crippen LogP contribution in [0, 0.1) is 3.57 Å². The number of phenolic OH excluding ortho intramolecular Hbond substituents is 1. The van der Waals surface area contributed by atoms with Crippen LogP contribution in [0.25, 0.3) is 10.9 Å². The molecule has 0 saturated heterocycles. The van der Waals surface area contributed by atoms with Crippen molar-refractivity contribution in [3.8, 4) is 5.75 Å². The molecule has 3 heteroatoms. The fourth-order valence-electron chi connectivity index (χ4n) is 1.13. The molecule has 0 aliphatic carbocycles. The third-order valence-electron chi connectivity index (χ3n) is 1.64. The van der Waals surface area contributed by atoms with Gasteiger partial charge >= 0.3 is 0 Å². The van der Waals surface area contributed by atoms with E-state index in [4.69, 9.17) is 0 Å². The molecule has 1 aromatic heterocycles. The minimum absolute atomic E-state index is 0.292. The SMILES string of the molecule is Oc1cc(I)c2ncccc2c1. The van der Waals surface area contributed by atoms with E-state index in [0.717, 1.165) is 14.5 Å². The standard InChI is InChI=1S/C9H6INO/c10-8-5-7(12)4-6-2-1-3-11-9(6)8/h1-5,12H. The lowest BCUT2D eigenvalue weighted by atomic mass is 10.2. The van der Waals surface area contributed by atoms with E-state index < -0.39 is 0 Å². The van der Waals surface area contributed by atoms with Gasteiger partial charge in [0, 0.05) is 15.2 Å². The Morgan fingerprint density at radius 3 is 3.00 bits per heavy atom. The molecule has 12 heavy (non-hydrogen) atoms. The summed E-state index contributed by atoms with van der Waals surface area (Å²) in [5, 5.41) is 10.3. The lowest BCUT2D eigenvalue weighted by Crippen LogP contribution is -1.81. The average Bonchev–Trinajstić information content (AvgIpc) is 2.04. The quantitative estimate of drug-likeness (QED) is 0.747. The number of benzene rings is 1. The van der Waals surface area contributed by atoms with Gasteiger partial charge in [0.15, 0.2) is 0 Å². The maximum Gasteiger partial charge on any atom is 0.117 e. The fraction of sp³-hybridized carbons (Fsp3) is 0. The highest BCUT2D eigenvalue weighted by atomic mass is 127. The molecule has 0 fully saturated rings. The highest BCUT2D eigenvalue weighted by Gasteiger charge is 2.00. The Kier molecular flexibility index (Phi) is 1.88. The van der Waals surface area contributed by atoms with Gasteiger partial charge in [-0.25, -0.2) is 0 Å². The molecule has 0 atom stereocenters. The number of hydrogen-bond acceptors (Lipinski definition) is 2. The van der Waals surface area contributed by atoms with Gasteiger partial charge in [-0.05, 0) is 40.8 Å². The highest BCUT2D eigenvalue weighted by molar-refractivity contribution is 14.1. The molecule has 1 N–H and O–H groups in total. The predicted molar refractivity (Wildman–Crippen MR) is 56.1 cm³/mol. The average molecular weight is 271 g/mol. The Morgan fingerprint density at radius 1 is 1.33 bits per heavy atom. The van der Waals surface area contributed by atoms with Crippen LogP contribution in [0.4, 0.5) is 0 Å². The summed E-state index contributed by atoms with van der Waals surface area (Å²) in [5.74, 6) is 0.292. The summed E-state index contributed by atoms with van der Waals surface area (Å²) in [4.78, 5) is 4.20. The van der Waals surface area contributed by atoms with Gasteiger partial charge in [0.1, 0.15) is 5.75 Å². The van der Waals surface area contributed by atoms with Crippen molar-refractivity contribution in [3.63, 3.8) is 0 Å². The molecule has 1 heterocycles. The molecule has 0 spiro atoms. The van der Waals surface area contributed by atoms with Gasteiger partial charge < -0.3 is 5.11 Å². The number of aromatic hydroxyl groups is 1. The molecule has 0 bridgehead atoms. The lowest BCUT2D eigenvalue weighted by molar-refractivity contribution is 0.476. The van der Waals surface area contributed by atoms with E-state index in [1.807, 2.05) is 12.1 Å². The minimum Gasteiger partial charge on any atom is -0.508 e. The number of hydrogen-bond donors (Lipinski definition) is 1. The molecule has 0 radical (unpaired) electrons. The first-order valence-electron chi connectivity index (χ1n) is 3.50. The van der Waals surface area contributed by atoms with Gasteiger partial charge in [0.05, 0.1) is 5.52 Å². The third-order valence-corrected chi connectivity index (χ3v) is 2.47. The number of fused-ring (bicyclic) bond motifs is 1. The molecule has 0 unspecified atom stereocenters. The normalized spacial score (nSPS) is 10.4. The summed E-state index contributed by atoms with van der Waals surface area (Å²) in [6.45, 7) is 0. The van der Waals surface area contributed by atoms with Crippen LogP contribution in [0.1, 0.15) is 0 Å². The van der Waals surface area contributed by atoms with Gasteiger partial charge in [-0.15, -0.1) is 0 Å². The van der Waals surface area contributed by atoms with Crippen molar-refractivity contribution in [1.82, 2.24) is 4.98 Å². The van der Waals surface area contributed by atoms with Gasteiger partial charge in [-0.2, -0.15) is 0 Å². The number of phenols is 1. The second-order valence-electron chi connectivity index (χ2n) is 2.50. The zero-order valence-corrected chi connectivity index (χ0v) is 8.32. The van der Waals surface area contributed by atoms with E-state index >= 15 is 0 Å². The van der Waals surface area contributed by atoms with Gasteiger partial charge in [-0.1, -0.05) is 6.07 Å². The van der Waals surface area contributed by atoms with Crippen LogP contribution >= 0.6 is 22.6 Å². The van der Waals surface area contributed by atoms with Crippen molar-refractivity contribution in [3.05, 3.63) is 34.0 Å². The summed E-state index contributed by atoms with van der Waals surface area (Å²) in [5.41, 5.74) is 0.941. The molecule has 0 aliphatic rings. The Balaban J connectivity index is 2.89. The molecule has 0 aliphatic heterocycles. The first kappa shape index (κ1) is 7.79. The first-order chi connectivity index (χ1) is 5.77. The van der Waals surface area contributed by atoms with Gasteiger partial charge in [-0.3, -0.25) is 4.98 Å². The Bertz CT molecular complexity index is 428. The Labute approximate surface area is 83.4 Å². The number of pyridine rings is 1. The topological polar surface area (TPSA) is 33.1 Å². The van der Waals surface area contributed by atoms with Crippen LogP contribution in [0.2, 0.25) is 0 Å². The van der Waals surface area contributed by atoms with Crippen LogP contribution in [-0.2, 0) is 0 Å². The lowest BCUT2D eigenvalue weighted by Gasteiger charge is -1.99. The zero-order chi connectivity index (χ0) is 8.55. The van der Waals surface area contributed by atoms with E-state index in [9.17, 15) is 5.11 Å². The maximum absolute atomic E-state index is 9.28. The second-order valence-corrected chi connectivity index (χ2v) is 3.66. The molecule has 60 valence electrons. The van der Waals surface area contributed by atoms with Crippen molar-refractivity contribution < 1.29 is 5.11 Å². The van der Waals surface area contributed by atoms with Crippen LogP contribution in [0.15, 0.2) is 30.5 Å². The van der Waals surface area contributed by atoms with Crippen LogP contribution in [0.5, 0.6) is 5.75 Å². The molecular weight excluding hydrogens is 265 g/mol. The van der Waals surface area contributed by atoms with Crippen molar-refractivity contribution in [2.24, 2.45) is 0 Å². The van der Waals surface area contributed by atoms with E-state index in [0.29, 0.717) is 5.75 Å². The van der Waals surface area contributed by atoms with Crippen molar-refractivity contribution in [1.29, 1.82) is 0 Å². The number of rotatable bonds is 0. The molecule has 2 rings (SSSR count). The summed E-state index contributed by atoms with van der Waals surface area (Å²) in [6, 6.07) is 7.21. The van der Waals surface area contributed by atoms with Gasteiger partial charge in [0.25, 0.3) is 0 Å². The fourth-order valence-corrected chi connectivity index (χ4v) is 1.90. The maximum atomic E-state index is 9.28. The molecule has 0 saturated carbocycles. The Morgan fingerprint density at radius 2 is 2.17 bits per heavy atom. The van der Waals surface area contributed by atoms with Crippen molar-refractivity contribution in [2.45, 2.75) is 0 Å². The van der Waals surface area contributed by atoms with Gasteiger partial charge in [0.2, 0.25) is 0 Å². The summed E-state index contributed by atoms with van der Waals surface area (Å²) in [7, 11) is 0. The van der Waals surface area contributed by atoms with E-state index in [-0.39, 0.29) is 0 Å². The number of aromatic nitrogens is 1. The van der Waals surface area contributed by atoms with Crippen LogP contribution in [0.3, 0.4) is 0 Å². The molecule has 1 aromatic carbocycles. The smallest absolute Gasteiger partial charge is 0.117 e. The molecular formula is C9H6INO. The van der Waals surface area contributed by atoms with Crippen molar-refractivity contribution >= 4 is 33.5 Å². The Hall–Kier alpha value is -0.840. The number of halogens is 1. The van der Waals surface area contributed by atoms with Crippen LogP contribution < -0.4 is 0 Å². The summed E-state index contributed by atoms with van der Waals surface area (Å²) < 4.78 is 0.975. The first-order valence-corrected chi connectivity index (χ1v) is 4.58. The largest absolute Gasteiger partial charge is 0.508 e. The van der Waals surface area contributed by atoms with E-state index in [2.05, 4.69) is 27.6 Å². The molecule has 2 aromatic rings. The minimum atomic E-state index is 0.292. The second kappa shape index (κ2) is 2.90. The molecule has 0 amide bonds.